The molecule has 1 fully saturated rings. The Balaban J connectivity index is 1.53. The van der Waals surface area contributed by atoms with Gasteiger partial charge in [0.05, 0.1) is 0 Å². The van der Waals surface area contributed by atoms with Crippen molar-refractivity contribution < 1.29 is 0 Å². The van der Waals surface area contributed by atoms with E-state index in [0.717, 1.165) is 18.5 Å². The van der Waals surface area contributed by atoms with E-state index in [4.69, 9.17) is 0 Å². The van der Waals surface area contributed by atoms with Gasteiger partial charge >= 0.3 is 0 Å². The van der Waals surface area contributed by atoms with Gasteiger partial charge in [-0.05, 0) is 51.5 Å². The molecule has 2 rings (SSSR count). The van der Waals surface area contributed by atoms with Crippen LogP contribution in [0.4, 0.5) is 0 Å². The number of allylic oxidation sites excluding steroid dienone is 2. The molecule has 0 heterocycles. The third-order valence-electron chi connectivity index (χ3n) is 3.42. The van der Waals surface area contributed by atoms with Gasteiger partial charge in [0.15, 0.2) is 0 Å². The van der Waals surface area contributed by atoms with Gasteiger partial charge in [-0.25, -0.2) is 0 Å². The Kier molecular flexibility index (Phi) is 4.21. The molecule has 0 saturated heterocycles. The van der Waals surface area contributed by atoms with Gasteiger partial charge in [0.1, 0.15) is 0 Å². The summed E-state index contributed by atoms with van der Waals surface area (Å²) in [5.74, 6) is 0.873. The molecule has 0 aromatic carbocycles. The van der Waals surface area contributed by atoms with Crippen LogP contribution in [-0.4, -0.2) is 25.2 Å². The van der Waals surface area contributed by atoms with Crippen molar-refractivity contribution in [1.82, 2.24) is 10.6 Å². The summed E-state index contributed by atoms with van der Waals surface area (Å²) in [6, 6.07) is 1.46. The monoisotopic (exact) mass is 208 g/mol. The molecule has 2 heteroatoms. The van der Waals surface area contributed by atoms with E-state index in [-0.39, 0.29) is 0 Å². The second kappa shape index (κ2) is 5.66. The molecule has 0 amide bonds. The van der Waals surface area contributed by atoms with E-state index in [2.05, 4.69) is 29.7 Å². The SMILES string of the molecule is CC(CNC1CC1)NCC1CC=CCC1. The lowest BCUT2D eigenvalue weighted by molar-refractivity contribution is 0.401. The highest BCUT2D eigenvalue weighted by Gasteiger charge is 2.20. The van der Waals surface area contributed by atoms with Crippen LogP contribution in [0.15, 0.2) is 12.2 Å². The Morgan fingerprint density at radius 3 is 2.80 bits per heavy atom. The summed E-state index contributed by atoms with van der Waals surface area (Å²) in [4.78, 5) is 0. The van der Waals surface area contributed by atoms with Crippen LogP contribution in [-0.2, 0) is 0 Å². The van der Waals surface area contributed by atoms with Crippen LogP contribution in [0.2, 0.25) is 0 Å². The van der Waals surface area contributed by atoms with E-state index in [0.29, 0.717) is 6.04 Å². The summed E-state index contributed by atoms with van der Waals surface area (Å²) in [6.45, 7) is 4.61. The molecule has 0 radical (unpaired) electrons. The minimum absolute atomic E-state index is 0.622. The predicted molar refractivity (Wildman–Crippen MR) is 65.0 cm³/mol. The molecule has 86 valence electrons. The fourth-order valence-electron chi connectivity index (χ4n) is 2.11. The first-order chi connectivity index (χ1) is 7.34. The van der Waals surface area contributed by atoms with Gasteiger partial charge in [0.25, 0.3) is 0 Å². The maximum Gasteiger partial charge on any atom is 0.0164 e. The molecule has 2 aliphatic rings. The van der Waals surface area contributed by atoms with E-state index in [1.54, 1.807) is 0 Å². The molecule has 0 aliphatic heterocycles. The van der Waals surface area contributed by atoms with Crippen molar-refractivity contribution in [2.45, 2.75) is 51.1 Å². The van der Waals surface area contributed by atoms with Crippen molar-refractivity contribution in [3.8, 4) is 0 Å². The highest BCUT2D eigenvalue weighted by molar-refractivity contribution is 4.91. The van der Waals surface area contributed by atoms with Crippen LogP contribution in [0.5, 0.6) is 0 Å². The third-order valence-corrected chi connectivity index (χ3v) is 3.42. The van der Waals surface area contributed by atoms with E-state index in [1.807, 2.05) is 0 Å². The van der Waals surface area contributed by atoms with Crippen molar-refractivity contribution in [1.29, 1.82) is 0 Å². The lowest BCUT2D eigenvalue weighted by Gasteiger charge is -2.21. The van der Waals surface area contributed by atoms with Gasteiger partial charge in [-0.3, -0.25) is 0 Å². The third kappa shape index (κ3) is 4.35. The molecular formula is C13H24N2. The van der Waals surface area contributed by atoms with Gasteiger partial charge in [0, 0.05) is 18.6 Å². The number of nitrogens with one attached hydrogen (secondary N) is 2. The first-order valence-corrected chi connectivity index (χ1v) is 6.46. The number of hydrogen-bond donors (Lipinski definition) is 2. The predicted octanol–water partition coefficient (Wildman–Crippen LogP) is 2.07. The molecule has 1 saturated carbocycles. The van der Waals surface area contributed by atoms with Gasteiger partial charge in [-0.1, -0.05) is 12.2 Å². The van der Waals surface area contributed by atoms with Crippen molar-refractivity contribution >= 4 is 0 Å². The Bertz CT molecular complexity index is 209. The number of rotatable bonds is 6. The van der Waals surface area contributed by atoms with Crippen molar-refractivity contribution in [3.63, 3.8) is 0 Å². The zero-order valence-corrected chi connectivity index (χ0v) is 9.84. The van der Waals surface area contributed by atoms with Gasteiger partial charge in [-0.15, -0.1) is 0 Å². The maximum absolute atomic E-state index is 3.64. The number of hydrogen-bond acceptors (Lipinski definition) is 2. The lowest BCUT2D eigenvalue weighted by Crippen LogP contribution is -2.39. The quantitative estimate of drug-likeness (QED) is 0.653. The Morgan fingerprint density at radius 2 is 2.13 bits per heavy atom. The van der Waals surface area contributed by atoms with E-state index < -0.39 is 0 Å². The lowest BCUT2D eigenvalue weighted by atomic mass is 9.94. The first-order valence-electron chi connectivity index (χ1n) is 6.46. The summed E-state index contributed by atoms with van der Waals surface area (Å²) < 4.78 is 0. The second-order valence-corrected chi connectivity index (χ2v) is 5.14. The summed E-state index contributed by atoms with van der Waals surface area (Å²) in [7, 11) is 0. The molecule has 2 nitrogen and oxygen atoms in total. The normalized spacial score (nSPS) is 27.9. The topological polar surface area (TPSA) is 24.1 Å². The summed E-state index contributed by atoms with van der Waals surface area (Å²) in [6.07, 6.45) is 11.3. The zero-order valence-electron chi connectivity index (χ0n) is 9.84. The van der Waals surface area contributed by atoms with Crippen LogP contribution >= 0.6 is 0 Å². The van der Waals surface area contributed by atoms with Gasteiger partial charge in [0.2, 0.25) is 0 Å². The highest BCUT2D eigenvalue weighted by Crippen LogP contribution is 2.18. The average molecular weight is 208 g/mol. The molecule has 2 N–H and O–H groups in total. The minimum Gasteiger partial charge on any atom is -0.313 e. The van der Waals surface area contributed by atoms with Gasteiger partial charge in [-0.2, -0.15) is 0 Å². The summed E-state index contributed by atoms with van der Waals surface area (Å²) in [5, 5.41) is 7.21. The Labute approximate surface area is 93.5 Å². The van der Waals surface area contributed by atoms with Crippen LogP contribution in [0, 0.1) is 5.92 Å². The Morgan fingerprint density at radius 1 is 1.27 bits per heavy atom. The zero-order chi connectivity index (χ0) is 10.5. The Hall–Kier alpha value is -0.340. The van der Waals surface area contributed by atoms with Crippen molar-refractivity contribution in [2.24, 2.45) is 5.92 Å². The van der Waals surface area contributed by atoms with Crippen LogP contribution in [0.25, 0.3) is 0 Å². The molecule has 0 spiro atoms. The smallest absolute Gasteiger partial charge is 0.0164 e. The molecule has 0 bridgehead atoms. The second-order valence-electron chi connectivity index (χ2n) is 5.14. The van der Waals surface area contributed by atoms with E-state index >= 15 is 0 Å². The molecule has 2 aliphatic carbocycles. The average Bonchev–Trinajstić information content (AvgIpc) is 3.09. The molecule has 2 atom stereocenters. The summed E-state index contributed by atoms with van der Waals surface area (Å²) in [5.41, 5.74) is 0. The molecular weight excluding hydrogens is 184 g/mol. The highest BCUT2D eigenvalue weighted by atomic mass is 15.0. The van der Waals surface area contributed by atoms with Crippen molar-refractivity contribution in [3.05, 3.63) is 12.2 Å². The summed E-state index contributed by atoms with van der Waals surface area (Å²) >= 11 is 0. The largest absolute Gasteiger partial charge is 0.313 e. The molecule has 15 heavy (non-hydrogen) atoms. The maximum atomic E-state index is 3.64. The van der Waals surface area contributed by atoms with Gasteiger partial charge < -0.3 is 10.6 Å². The minimum atomic E-state index is 0.622. The van der Waals surface area contributed by atoms with Crippen LogP contribution in [0.1, 0.15) is 39.0 Å². The molecule has 0 aromatic heterocycles. The standard InChI is InChI=1S/C13H24N2/c1-11(9-15-13-7-8-13)14-10-12-5-3-2-4-6-12/h2-3,11-15H,4-10H2,1H3. The van der Waals surface area contributed by atoms with E-state index in [1.165, 1.54) is 38.6 Å². The van der Waals surface area contributed by atoms with Crippen molar-refractivity contribution in [2.75, 3.05) is 13.1 Å². The van der Waals surface area contributed by atoms with Crippen LogP contribution in [0.3, 0.4) is 0 Å². The molecule has 0 aromatic rings. The van der Waals surface area contributed by atoms with E-state index in [9.17, 15) is 0 Å². The first kappa shape index (κ1) is 11.2. The van der Waals surface area contributed by atoms with Crippen LogP contribution < -0.4 is 10.6 Å². The fourth-order valence-corrected chi connectivity index (χ4v) is 2.11. The fraction of sp³-hybridized carbons (Fsp3) is 0.846. The molecule has 2 unspecified atom stereocenters.